The fourth-order valence-electron chi connectivity index (χ4n) is 3.11. The Labute approximate surface area is 169 Å². The summed E-state index contributed by atoms with van der Waals surface area (Å²) in [6.45, 7) is 4.44. The molecule has 1 aliphatic rings. The summed E-state index contributed by atoms with van der Waals surface area (Å²) in [4.78, 5) is 33.8. The van der Waals surface area contributed by atoms with Crippen molar-refractivity contribution in [3.8, 4) is 0 Å². The number of nitrogens with one attached hydrogen (secondary N) is 2. The average molecular weight is 426 g/mol. The molecule has 0 unspecified atom stereocenters. The third kappa shape index (κ3) is 5.60. The van der Waals surface area contributed by atoms with Gasteiger partial charge in [-0.1, -0.05) is 18.7 Å². The van der Waals surface area contributed by atoms with Crippen LogP contribution in [0.15, 0.2) is 34.2 Å². The van der Waals surface area contributed by atoms with Crippen LogP contribution in [0.2, 0.25) is 0 Å². The number of rotatable bonds is 6. The highest BCUT2D eigenvalue weighted by Gasteiger charge is 2.30. The number of alkyl halides is 3. The Kier molecular flexibility index (Phi) is 6.63. The quantitative estimate of drug-likeness (QED) is 0.548. The molecule has 0 bridgehead atoms. The Balaban J connectivity index is 1.58. The zero-order valence-electron chi connectivity index (χ0n) is 15.8. The van der Waals surface area contributed by atoms with Gasteiger partial charge in [-0.05, 0) is 37.2 Å². The number of carbonyl (C=O) groups is 1. The molecule has 0 saturated heterocycles. The predicted molar refractivity (Wildman–Crippen MR) is 105 cm³/mol. The molecule has 0 spiro atoms. The number of aromatic nitrogens is 2. The van der Waals surface area contributed by atoms with Crippen LogP contribution in [0.3, 0.4) is 0 Å². The SMILES string of the molecule is CCCN1CCc2nc(SCC(=O)Nc3ccc(C(F)(F)F)cc3)[nH]c(=O)c2C1. The van der Waals surface area contributed by atoms with Gasteiger partial charge >= 0.3 is 6.18 Å². The third-order valence-electron chi connectivity index (χ3n) is 4.50. The Morgan fingerprint density at radius 1 is 1.31 bits per heavy atom. The molecule has 0 radical (unpaired) electrons. The average Bonchev–Trinajstić information content (AvgIpc) is 2.67. The summed E-state index contributed by atoms with van der Waals surface area (Å²) >= 11 is 1.08. The van der Waals surface area contributed by atoms with Gasteiger partial charge < -0.3 is 10.3 Å². The number of benzene rings is 1. The maximum Gasteiger partial charge on any atom is 0.416 e. The first-order chi connectivity index (χ1) is 13.8. The topological polar surface area (TPSA) is 78.1 Å². The van der Waals surface area contributed by atoms with Gasteiger partial charge in [-0.3, -0.25) is 14.5 Å². The highest BCUT2D eigenvalue weighted by atomic mass is 32.2. The number of H-pyrrole nitrogens is 1. The van der Waals surface area contributed by atoms with E-state index in [0.29, 0.717) is 23.7 Å². The Morgan fingerprint density at radius 2 is 2.03 bits per heavy atom. The summed E-state index contributed by atoms with van der Waals surface area (Å²) in [6.07, 6.45) is -2.72. The third-order valence-corrected chi connectivity index (χ3v) is 5.38. The van der Waals surface area contributed by atoms with Crippen molar-refractivity contribution in [2.45, 2.75) is 37.6 Å². The first-order valence-electron chi connectivity index (χ1n) is 9.20. The summed E-state index contributed by atoms with van der Waals surface area (Å²) < 4.78 is 37.7. The fourth-order valence-corrected chi connectivity index (χ4v) is 3.79. The number of amides is 1. The van der Waals surface area contributed by atoms with Crippen molar-refractivity contribution in [2.75, 3.05) is 24.2 Å². The molecule has 1 aromatic heterocycles. The summed E-state index contributed by atoms with van der Waals surface area (Å²) in [7, 11) is 0. The van der Waals surface area contributed by atoms with E-state index in [1.165, 1.54) is 12.1 Å². The normalized spacial score (nSPS) is 14.5. The molecular weight excluding hydrogens is 405 g/mol. The lowest BCUT2D eigenvalue weighted by molar-refractivity contribution is -0.137. The standard InChI is InChI=1S/C19H21F3N4O2S/c1-2-8-26-9-7-15-14(10-26)17(28)25-18(24-15)29-11-16(27)23-13-5-3-12(4-6-13)19(20,21)22/h3-6H,2,7-11H2,1H3,(H,23,27)(H,24,25,28). The minimum absolute atomic E-state index is 0.0231. The van der Waals surface area contributed by atoms with Gasteiger partial charge in [-0.2, -0.15) is 13.2 Å². The number of hydrogen-bond donors (Lipinski definition) is 2. The highest BCUT2D eigenvalue weighted by molar-refractivity contribution is 7.99. The van der Waals surface area contributed by atoms with Crippen molar-refractivity contribution in [3.63, 3.8) is 0 Å². The van der Waals surface area contributed by atoms with E-state index in [2.05, 4.69) is 27.1 Å². The van der Waals surface area contributed by atoms with E-state index in [4.69, 9.17) is 0 Å². The number of hydrogen-bond acceptors (Lipinski definition) is 5. The van der Waals surface area contributed by atoms with Crippen molar-refractivity contribution in [1.29, 1.82) is 0 Å². The van der Waals surface area contributed by atoms with Crippen LogP contribution in [0.25, 0.3) is 0 Å². The molecule has 2 heterocycles. The molecule has 1 aromatic carbocycles. The molecule has 0 atom stereocenters. The molecule has 2 aromatic rings. The van der Waals surface area contributed by atoms with Crippen LogP contribution in [-0.2, 0) is 23.9 Å². The second kappa shape index (κ2) is 9.00. The molecule has 0 saturated carbocycles. The van der Waals surface area contributed by atoms with E-state index in [1.807, 2.05) is 0 Å². The van der Waals surface area contributed by atoms with Crippen LogP contribution in [0.4, 0.5) is 18.9 Å². The van der Waals surface area contributed by atoms with E-state index in [-0.39, 0.29) is 17.0 Å². The number of halogens is 3. The molecule has 6 nitrogen and oxygen atoms in total. The molecule has 10 heteroatoms. The van der Waals surface area contributed by atoms with Gasteiger partial charge in [-0.15, -0.1) is 0 Å². The van der Waals surface area contributed by atoms with E-state index in [1.54, 1.807) is 0 Å². The molecule has 1 aliphatic heterocycles. The minimum atomic E-state index is -4.42. The molecule has 0 fully saturated rings. The van der Waals surface area contributed by atoms with Gasteiger partial charge in [-0.25, -0.2) is 4.98 Å². The van der Waals surface area contributed by atoms with Crippen molar-refractivity contribution < 1.29 is 18.0 Å². The van der Waals surface area contributed by atoms with Crippen LogP contribution in [0.5, 0.6) is 0 Å². The lowest BCUT2D eigenvalue weighted by atomic mass is 10.1. The van der Waals surface area contributed by atoms with Crippen LogP contribution >= 0.6 is 11.8 Å². The minimum Gasteiger partial charge on any atom is -0.325 e. The van der Waals surface area contributed by atoms with Crippen molar-refractivity contribution in [3.05, 3.63) is 51.4 Å². The maximum absolute atomic E-state index is 12.6. The number of thioether (sulfide) groups is 1. The first kappa shape index (κ1) is 21.4. The van der Waals surface area contributed by atoms with Gasteiger partial charge in [0, 0.05) is 25.2 Å². The van der Waals surface area contributed by atoms with Gasteiger partial charge in [0.15, 0.2) is 5.16 Å². The van der Waals surface area contributed by atoms with Gasteiger partial charge in [0.25, 0.3) is 5.56 Å². The summed E-state index contributed by atoms with van der Waals surface area (Å²) in [5, 5.41) is 2.90. The number of nitrogens with zero attached hydrogens (tertiary/aromatic N) is 2. The van der Waals surface area contributed by atoms with Crippen LogP contribution in [0, 0.1) is 0 Å². The summed E-state index contributed by atoms with van der Waals surface area (Å²) in [5.41, 5.74) is 0.723. The van der Waals surface area contributed by atoms with Gasteiger partial charge in [0.2, 0.25) is 5.91 Å². The lowest BCUT2D eigenvalue weighted by Crippen LogP contribution is -2.36. The molecule has 1 amide bonds. The maximum atomic E-state index is 12.6. The number of anilines is 1. The van der Waals surface area contributed by atoms with Crippen molar-refractivity contribution in [1.82, 2.24) is 14.9 Å². The zero-order chi connectivity index (χ0) is 21.0. The monoisotopic (exact) mass is 426 g/mol. The lowest BCUT2D eigenvalue weighted by Gasteiger charge is -2.27. The Hall–Kier alpha value is -2.33. The largest absolute Gasteiger partial charge is 0.416 e. The predicted octanol–water partition coefficient (Wildman–Crippen LogP) is 3.29. The van der Waals surface area contributed by atoms with Crippen molar-refractivity contribution in [2.24, 2.45) is 0 Å². The van der Waals surface area contributed by atoms with Crippen molar-refractivity contribution >= 4 is 23.4 Å². The van der Waals surface area contributed by atoms with Gasteiger partial charge in [0.05, 0.1) is 22.6 Å². The Bertz CT molecular complexity index is 929. The zero-order valence-corrected chi connectivity index (χ0v) is 16.6. The van der Waals surface area contributed by atoms with E-state index < -0.39 is 17.6 Å². The molecule has 29 heavy (non-hydrogen) atoms. The molecule has 0 aliphatic carbocycles. The van der Waals surface area contributed by atoms with Crippen LogP contribution < -0.4 is 10.9 Å². The van der Waals surface area contributed by atoms with E-state index >= 15 is 0 Å². The number of fused-ring (bicyclic) bond motifs is 1. The number of carbonyl (C=O) groups excluding carboxylic acids is 1. The molecule has 156 valence electrons. The van der Waals surface area contributed by atoms with Gasteiger partial charge in [0.1, 0.15) is 0 Å². The fraction of sp³-hybridized carbons (Fsp3) is 0.421. The summed E-state index contributed by atoms with van der Waals surface area (Å²) in [6, 6.07) is 4.22. The molecular formula is C19H21F3N4O2S. The van der Waals surface area contributed by atoms with E-state index in [0.717, 1.165) is 49.1 Å². The molecule has 3 rings (SSSR count). The second-order valence-corrected chi connectivity index (χ2v) is 7.70. The smallest absolute Gasteiger partial charge is 0.325 e. The van der Waals surface area contributed by atoms with Crippen LogP contribution in [0.1, 0.15) is 30.2 Å². The van der Waals surface area contributed by atoms with E-state index in [9.17, 15) is 22.8 Å². The number of aromatic amines is 1. The summed E-state index contributed by atoms with van der Waals surface area (Å²) in [5.74, 6) is -0.422. The molecule has 2 N–H and O–H groups in total. The first-order valence-corrected chi connectivity index (χ1v) is 10.2. The second-order valence-electron chi connectivity index (χ2n) is 6.73. The Morgan fingerprint density at radius 3 is 2.69 bits per heavy atom. The highest BCUT2D eigenvalue weighted by Crippen LogP contribution is 2.29. The van der Waals surface area contributed by atoms with Crippen LogP contribution in [-0.4, -0.2) is 39.6 Å².